The lowest BCUT2D eigenvalue weighted by atomic mass is 10.2. The summed E-state index contributed by atoms with van der Waals surface area (Å²) in [4.78, 5) is 9.21. The second-order valence-corrected chi connectivity index (χ2v) is 4.89. The quantitative estimate of drug-likeness (QED) is 0.790. The van der Waals surface area contributed by atoms with E-state index in [4.69, 9.17) is 10.1 Å². The van der Waals surface area contributed by atoms with E-state index in [9.17, 15) is 0 Å². The molecule has 0 bridgehead atoms. The molecular formula is C16H17N3O. The summed E-state index contributed by atoms with van der Waals surface area (Å²) in [6, 6.07) is 12.1. The van der Waals surface area contributed by atoms with E-state index < -0.39 is 0 Å². The molecule has 4 heteroatoms. The maximum Gasteiger partial charge on any atom is 0.160 e. The third-order valence-electron chi connectivity index (χ3n) is 3.29. The number of nitrogens with zero attached hydrogens (tertiary/aromatic N) is 3. The lowest BCUT2D eigenvalue weighted by Crippen LogP contribution is -2.03. The number of aliphatic hydroxyl groups is 1. The van der Waals surface area contributed by atoms with Gasteiger partial charge in [-0.1, -0.05) is 30.3 Å². The first-order chi connectivity index (χ1) is 9.79. The zero-order valence-electron chi connectivity index (χ0n) is 11.5. The van der Waals surface area contributed by atoms with Crippen molar-refractivity contribution in [1.82, 2.24) is 14.5 Å². The second-order valence-electron chi connectivity index (χ2n) is 4.89. The highest BCUT2D eigenvalue weighted by molar-refractivity contribution is 5.77. The van der Waals surface area contributed by atoms with Crippen LogP contribution < -0.4 is 0 Å². The summed E-state index contributed by atoms with van der Waals surface area (Å²) in [6.07, 6.45) is 2.55. The SMILES string of the molecule is Cc1cnc2c(c1)nc(-c1ccccc1)n2CCCO. The van der Waals surface area contributed by atoms with Gasteiger partial charge in [0.05, 0.1) is 0 Å². The molecular weight excluding hydrogens is 250 g/mol. The summed E-state index contributed by atoms with van der Waals surface area (Å²) in [5.74, 6) is 0.909. The molecule has 20 heavy (non-hydrogen) atoms. The summed E-state index contributed by atoms with van der Waals surface area (Å²) in [5, 5.41) is 9.09. The number of pyridine rings is 1. The second kappa shape index (κ2) is 5.43. The van der Waals surface area contributed by atoms with E-state index in [0.29, 0.717) is 13.0 Å². The molecule has 1 aromatic carbocycles. The molecule has 4 nitrogen and oxygen atoms in total. The number of aryl methyl sites for hydroxylation is 2. The number of benzene rings is 1. The van der Waals surface area contributed by atoms with E-state index in [1.165, 1.54) is 0 Å². The number of hydrogen-bond donors (Lipinski definition) is 1. The fourth-order valence-corrected chi connectivity index (χ4v) is 2.36. The van der Waals surface area contributed by atoms with E-state index in [-0.39, 0.29) is 6.61 Å². The monoisotopic (exact) mass is 267 g/mol. The number of aliphatic hydroxyl groups excluding tert-OH is 1. The Labute approximate surface area is 117 Å². The average Bonchev–Trinajstić information content (AvgIpc) is 2.83. The minimum atomic E-state index is 0.166. The van der Waals surface area contributed by atoms with Crippen LogP contribution in [-0.2, 0) is 6.54 Å². The lowest BCUT2D eigenvalue weighted by Gasteiger charge is -2.07. The van der Waals surface area contributed by atoms with Crippen LogP contribution >= 0.6 is 0 Å². The molecule has 0 saturated heterocycles. The number of aromatic nitrogens is 3. The van der Waals surface area contributed by atoms with Crippen LogP contribution in [-0.4, -0.2) is 26.2 Å². The zero-order chi connectivity index (χ0) is 13.9. The van der Waals surface area contributed by atoms with Crippen LogP contribution in [0.4, 0.5) is 0 Å². The maximum absolute atomic E-state index is 9.09. The van der Waals surface area contributed by atoms with Crippen molar-refractivity contribution < 1.29 is 5.11 Å². The van der Waals surface area contributed by atoms with E-state index in [0.717, 1.165) is 28.1 Å². The summed E-state index contributed by atoms with van der Waals surface area (Å²) in [7, 11) is 0. The molecule has 0 fully saturated rings. The van der Waals surface area contributed by atoms with E-state index in [2.05, 4.69) is 9.55 Å². The zero-order valence-corrected chi connectivity index (χ0v) is 11.5. The van der Waals surface area contributed by atoms with Gasteiger partial charge in [-0.2, -0.15) is 0 Å². The molecule has 1 N–H and O–H groups in total. The molecule has 2 heterocycles. The average molecular weight is 267 g/mol. The molecule has 2 aromatic heterocycles. The van der Waals surface area contributed by atoms with Crippen molar-refractivity contribution in [3.05, 3.63) is 48.2 Å². The third kappa shape index (κ3) is 2.30. The van der Waals surface area contributed by atoms with Crippen molar-refractivity contribution in [2.45, 2.75) is 19.9 Å². The highest BCUT2D eigenvalue weighted by Crippen LogP contribution is 2.24. The Morgan fingerprint density at radius 1 is 1.20 bits per heavy atom. The predicted molar refractivity (Wildman–Crippen MR) is 79.4 cm³/mol. The van der Waals surface area contributed by atoms with E-state index in [1.807, 2.05) is 49.5 Å². The molecule has 0 aliphatic carbocycles. The first-order valence-electron chi connectivity index (χ1n) is 6.79. The van der Waals surface area contributed by atoms with Crippen LogP contribution in [0.15, 0.2) is 42.6 Å². The van der Waals surface area contributed by atoms with Gasteiger partial charge in [0.1, 0.15) is 11.3 Å². The minimum Gasteiger partial charge on any atom is -0.396 e. The van der Waals surface area contributed by atoms with Crippen molar-refractivity contribution in [3.8, 4) is 11.4 Å². The number of rotatable bonds is 4. The van der Waals surface area contributed by atoms with Gasteiger partial charge < -0.3 is 9.67 Å². The van der Waals surface area contributed by atoms with Crippen molar-refractivity contribution >= 4 is 11.2 Å². The Morgan fingerprint density at radius 3 is 2.75 bits per heavy atom. The van der Waals surface area contributed by atoms with Gasteiger partial charge in [-0.05, 0) is 25.0 Å². The normalized spacial score (nSPS) is 11.1. The van der Waals surface area contributed by atoms with Crippen LogP contribution in [0.25, 0.3) is 22.6 Å². The molecule has 0 aliphatic heterocycles. The highest BCUT2D eigenvalue weighted by Gasteiger charge is 2.13. The summed E-state index contributed by atoms with van der Waals surface area (Å²) in [5.41, 5.74) is 3.95. The van der Waals surface area contributed by atoms with Crippen LogP contribution in [0, 0.1) is 6.92 Å². The Balaban J connectivity index is 2.19. The molecule has 0 atom stereocenters. The largest absolute Gasteiger partial charge is 0.396 e. The molecule has 0 aliphatic rings. The summed E-state index contributed by atoms with van der Waals surface area (Å²) in [6.45, 7) is 2.90. The molecule has 0 amide bonds. The fraction of sp³-hybridized carbons (Fsp3) is 0.250. The van der Waals surface area contributed by atoms with E-state index >= 15 is 0 Å². The van der Waals surface area contributed by atoms with Crippen LogP contribution in [0.5, 0.6) is 0 Å². The van der Waals surface area contributed by atoms with Gasteiger partial charge in [-0.3, -0.25) is 0 Å². The first kappa shape index (κ1) is 12.8. The molecule has 0 unspecified atom stereocenters. The Hall–Kier alpha value is -2.20. The van der Waals surface area contributed by atoms with E-state index in [1.54, 1.807) is 0 Å². The maximum atomic E-state index is 9.09. The van der Waals surface area contributed by atoms with Gasteiger partial charge in [-0.25, -0.2) is 9.97 Å². The van der Waals surface area contributed by atoms with Crippen molar-refractivity contribution in [2.75, 3.05) is 6.61 Å². The van der Waals surface area contributed by atoms with Gasteiger partial charge in [0, 0.05) is 24.9 Å². The van der Waals surface area contributed by atoms with Gasteiger partial charge in [0.15, 0.2) is 5.65 Å². The molecule has 3 aromatic rings. The highest BCUT2D eigenvalue weighted by atomic mass is 16.3. The molecule has 0 spiro atoms. The fourth-order valence-electron chi connectivity index (χ4n) is 2.36. The lowest BCUT2D eigenvalue weighted by molar-refractivity contribution is 0.280. The smallest absolute Gasteiger partial charge is 0.160 e. The van der Waals surface area contributed by atoms with Crippen LogP contribution in [0.2, 0.25) is 0 Å². The van der Waals surface area contributed by atoms with Crippen molar-refractivity contribution in [1.29, 1.82) is 0 Å². The van der Waals surface area contributed by atoms with Crippen LogP contribution in [0.1, 0.15) is 12.0 Å². The number of imidazole rings is 1. The first-order valence-corrected chi connectivity index (χ1v) is 6.79. The third-order valence-corrected chi connectivity index (χ3v) is 3.29. The van der Waals surface area contributed by atoms with Crippen molar-refractivity contribution in [3.63, 3.8) is 0 Å². The predicted octanol–water partition coefficient (Wildman–Crippen LogP) is 2.79. The van der Waals surface area contributed by atoms with Crippen molar-refractivity contribution in [2.24, 2.45) is 0 Å². The molecule has 0 radical (unpaired) electrons. The number of hydrogen-bond acceptors (Lipinski definition) is 3. The number of fused-ring (bicyclic) bond motifs is 1. The minimum absolute atomic E-state index is 0.166. The topological polar surface area (TPSA) is 50.9 Å². The Bertz CT molecular complexity index is 719. The Kier molecular flexibility index (Phi) is 3.48. The summed E-state index contributed by atoms with van der Waals surface area (Å²) < 4.78 is 2.08. The van der Waals surface area contributed by atoms with Gasteiger partial charge in [0.25, 0.3) is 0 Å². The molecule has 0 saturated carbocycles. The standard InChI is InChI=1S/C16H17N3O/c1-12-10-14-16(17-11-12)19(8-5-9-20)15(18-14)13-6-3-2-4-7-13/h2-4,6-7,10-11,20H,5,8-9H2,1H3. The Morgan fingerprint density at radius 2 is 2.00 bits per heavy atom. The van der Waals surface area contributed by atoms with Crippen LogP contribution in [0.3, 0.4) is 0 Å². The van der Waals surface area contributed by atoms with Gasteiger partial charge >= 0.3 is 0 Å². The van der Waals surface area contributed by atoms with Gasteiger partial charge in [0.2, 0.25) is 0 Å². The summed E-state index contributed by atoms with van der Waals surface area (Å²) >= 11 is 0. The molecule has 102 valence electrons. The molecule has 3 rings (SSSR count). The van der Waals surface area contributed by atoms with Gasteiger partial charge in [-0.15, -0.1) is 0 Å².